The van der Waals surface area contributed by atoms with Crippen molar-refractivity contribution in [2.75, 3.05) is 25.7 Å². The smallest absolute Gasteiger partial charge is 0.186 e. The maximum Gasteiger partial charge on any atom is 0.186 e. The van der Waals surface area contributed by atoms with Gasteiger partial charge >= 0.3 is 0 Å². The second kappa shape index (κ2) is 6.11. The summed E-state index contributed by atoms with van der Waals surface area (Å²) >= 11 is 2.97. The topological polar surface area (TPSA) is 18.5 Å². The number of hydrogen-bond donors (Lipinski definition) is 0. The van der Waals surface area contributed by atoms with Gasteiger partial charge in [0.1, 0.15) is 6.61 Å². The summed E-state index contributed by atoms with van der Waals surface area (Å²) in [6, 6.07) is 0. The zero-order valence-corrected chi connectivity index (χ0v) is 8.56. The lowest BCUT2D eigenvalue weighted by Crippen LogP contribution is -2.28. The SMILES string of the molecule is CCSC(COF)(OC)SC. The van der Waals surface area contributed by atoms with E-state index in [0.29, 0.717) is 0 Å². The molecule has 0 N–H and O–H groups in total. The molecule has 0 aromatic rings. The number of ether oxygens (including phenoxy) is 1. The second-order valence-corrected chi connectivity index (χ2v) is 4.63. The van der Waals surface area contributed by atoms with Gasteiger partial charge in [-0.15, -0.1) is 23.5 Å². The molecule has 0 saturated carbocycles. The van der Waals surface area contributed by atoms with Gasteiger partial charge in [-0.2, -0.15) is 4.94 Å². The number of hydrogen-bond acceptors (Lipinski definition) is 4. The minimum Gasteiger partial charge on any atom is -0.356 e. The molecular formula is C6H13FO2S2. The number of thioether (sulfide) groups is 2. The Morgan fingerprint density at radius 2 is 2.18 bits per heavy atom. The molecule has 0 aliphatic rings. The highest BCUT2D eigenvalue weighted by Gasteiger charge is 2.29. The predicted octanol–water partition coefficient (Wildman–Crippen LogP) is 2.30. The Kier molecular flexibility index (Phi) is 6.41. The molecule has 0 heterocycles. The van der Waals surface area contributed by atoms with Crippen molar-refractivity contribution >= 4 is 23.5 Å². The summed E-state index contributed by atoms with van der Waals surface area (Å²) in [6.07, 6.45) is 1.87. The fraction of sp³-hybridized carbons (Fsp3) is 1.00. The van der Waals surface area contributed by atoms with E-state index in [1.54, 1.807) is 7.11 Å². The first-order chi connectivity index (χ1) is 5.24. The van der Waals surface area contributed by atoms with Gasteiger partial charge in [-0.1, -0.05) is 6.92 Å². The summed E-state index contributed by atoms with van der Waals surface area (Å²) in [4.78, 5) is 3.58. The third kappa shape index (κ3) is 3.64. The molecule has 0 rings (SSSR count). The summed E-state index contributed by atoms with van der Waals surface area (Å²) in [6.45, 7) is 1.95. The lowest BCUT2D eigenvalue weighted by Gasteiger charge is -2.26. The third-order valence-corrected chi connectivity index (χ3v) is 3.99. The van der Waals surface area contributed by atoms with E-state index in [4.69, 9.17) is 4.74 Å². The van der Waals surface area contributed by atoms with Crippen molar-refractivity contribution in [1.29, 1.82) is 0 Å². The highest BCUT2D eigenvalue weighted by Crippen LogP contribution is 2.36. The van der Waals surface area contributed by atoms with Gasteiger partial charge in [0.15, 0.2) is 4.27 Å². The zero-order valence-electron chi connectivity index (χ0n) is 6.93. The molecular weight excluding hydrogens is 187 g/mol. The summed E-state index contributed by atoms with van der Waals surface area (Å²) in [5, 5.41) is 0. The highest BCUT2D eigenvalue weighted by molar-refractivity contribution is 8.17. The van der Waals surface area contributed by atoms with E-state index in [9.17, 15) is 4.53 Å². The van der Waals surface area contributed by atoms with Crippen LogP contribution in [-0.2, 0) is 9.68 Å². The van der Waals surface area contributed by atoms with Crippen molar-refractivity contribution in [3.8, 4) is 0 Å². The third-order valence-electron chi connectivity index (χ3n) is 1.22. The molecule has 0 aliphatic heterocycles. The standard InChI is InChI=1S/C6H13FO2S2/c1-4-11-6(8-2,10-3)5-9-7/h4-5H2,1-3H3. The van der Waals surface area contributed by atoms with Gasteiger partial charge in [0.25, 0.3) is 0 Å². The van der Waals surface area contributed by atoms with Crippen LogP contribution >= 0.6 is 23.5 Å². The molecule has 0 spiro atoms. The van der Waals surface area contributed by atoms with Crippen LogP contribution in [0.5, 0.6) is 0 Å². The number of methoxy groups -OCH3 is 1. The average molecular weight is 200 g/mol. The summed E-state index contributed by atoms with van der Waals surface area (Å²) in [7, 11) is 1.55. The van der Waals surface area contributed by atoms with Crippen molar-refractivity contribution in [2.24, 2.45) is 0 Å². The molecule has 0 aromatic carbocycles. The van der Waals surface area contributed by atoms with Gasteiger partial charge in [-0.3, -0.25) is 0 Å². The second-order valence-electron chi connectivity index (χ2n) is 1.78. The van der Waals surface area contributed by atoms with Crippen molar-refractivity contribution < 1.29 is 14.2 Å². The molecule has 2 nitrogen and oxygen atoms in total. The molecule has 0 amide bonds. The average Bonchev–Trinajstić information content (AvgIpc) is 2.04. The van der Waals surface area contributed by atoms with E-state index in [-0.39, 0.29) is 6.61 Å². The van der Waals surface area contributed by atoms with Crippen LogP contribution in [0.1, 0.15) is 6.92 Å². The summed E-state index contributed by atoms with van der Waals surface area (Å²) < 4.78 is 16.1. The Morgan fingerprint density at radius 3 is 2.45 bits per heavy atom. The van der Waals surface area contributed by atoms with Crippen LogP contribution in [-0.4, -0.2) is 30.0 Å². The van der Waals surface area contributed by atoms with Gasteiger partial charge in [-0.25, -0.2) is 0 Å². The van der Waals surface area contributed by atoms with Gasteiger partial charge in [0, 0.05) is 7.11 Å². The van der Waals surface area contributed by atoms with Crippen molar-refractivity contribution in [2.45, 2.75) is 11.2 Å². The minimum atomic E-state index is -0.580. The van der Waals surface area contributed by atoms with Crippen LogP contribution in [0.2, 0.25) is 0 Å². The van der Waals surface area contributed by atoms with Crippen LogP contribution < -0.4 is 0 Å². The van der Waals surface area contributed by atoms with Gasteiger partial charge in [0.05, 0.1) is 0 Å². The van der Waals surface area contributed by atoms with E-state index < -0.39 is 4.27 Å². The Hall–Kier alpha value is 0.550. The Bertz CT molecular complexity index is 90.6. The number of rotatable bonds is 6. The molecule has 0 saturated heterocycles. The number of halogens is 1. The first-order valence-corrected chi connectivity index (χ1v) is 5.43. The predicted molar refractivity (Wildman–Crippen MR) is 48.4 cm³/mol. The molecule has 0 aliphatic carbocycles. The summed E-state index contributed by atoms with van der Waals surface area (Å²) in [5.41, 5.74) is 0. The van der Waals surface area contributed by atoms with Crippen LogP contribution in [0.15, 0.2) is 0 Å². The summed E-state index contributed by atoms with van der Waals surface area (Å²) in [5.74, 6) is 0.873. The van der Waals surface area contributed by atoms with Crippen LogP contribution in [0.4, 0.5) is 4.53 Å². The molecule has 68 valence electrons. The molecule has 11 heavy (non-hydrogen) atoms. The monoisotopic (exact) mass is 200 g/mol. The normalized spacial score (nSPS) is 16.4. The zero-order chi connectivity index (χ0) is 8.74. The van der Waals surface area contributed by atoms with Gasteiger partial charge in [-0.05, 0) is 16.5 Å². The van der Waals surface area contributed by atoms with E-state index in [0.717, 1.165) is 5.75 Å². The Balaban J connectivity index is 3.96. The van der Waals surface area contributed by atoms with Crippen LogP contribution in [0, 0.1) is 0 Å². The Labute approximate surface area is 75.1 Å². The lowest BCUT2D eigenvalue weighted by molar-refractivity contribution is -0.154. The maximum atomic E-state index is 11.6. The minimum absolute atomic E-state index is 0.0385. The first-order valence-electron chi connectivity index (χ1n) is 3.22. The molecule has 1 atom stereocenters. The van der Waals surface area contributed by atoms with Gasteiger partial charge < -0.3 is 4.74 Å². The first kappa shape index (κ1) is 11.6. The van der Waals surface area contributed by atoms with Crippen LogP contribution in [0.25, 0.3) is 0 Å². The molecule has 0 radical (unpaired) electrons. The molecule has 5 heteroatoms. The van der Waals surface area contributed by atoms with E-state index in [2.05, 4.69) is 4.94 Å². The quantitative estimate of drug-likeness (QED) is 0.612. The maximum absolute atomic E-state index is 11.6. The van der Waals surface area contributed by atoms with Crippen molar-refractivity contribution in [1.82, 2.24) is 0 Å². The highest BCUT2D eigenvalue weighted by atomic mass is 32.2. The molecule has 0 fully saturated rings. The van der Waals surface area contributed by atoms with Crippen LogP contribution in [0.3, 0.4) is 0 Å². The van der Waals surface area contributed by atoms with Gasteiger partial charge in [0.2, 0.25) is 0 Å². The fourth-order valence-electron chi connectivity index (χ4n) is 0.647. The largest absolute Gasteiger partial charge is 0.356 e. The van der Waals surface area contributed by atoms with E-state index in [1.165, 1.54) is 23.5 Å². The fourth-order valence-corrected chi connectivity index (χ4v) is 2.49. The molecule has 1 unspecified atom stereocenters. The molecule has 0 bridgehead atoms. The van der Waals surface area contributed by atoms with Crippen molar-refractivity contribution in [3.63, 3.8) is 0 Å². The Morgan fingerprint density at radius 1 is 1.55 bits per heavy atom. The van der Waals surface area contributed by atoms with Crippen molar-refractivity contribution in [3.05, 3.63) is 0 Å². The van der Waals surface area contributed by atoms with E-state index >= 15 is 0 Å². The molecule has 0 aromatic heterocycles. The lowest BCUT2D eigenvalue weighted by atomic mass is 10.7. The van der Waals surface area contributed by atoms with E-state index in [1.807, 2.05) is 13.2 Å².